The van der Waals surface area contributed by atoms with E-state index in [0.29, 0.717) is 10.8 Å². The molecule has 2 atom stereocenters. The molecule has 2 aromatic heterocycles. The molecule has 3 heterocycles. The molecular formula is C26H22F2N4S. The second kappa shape index (κ2) is 8.41. The number of thiocarbonyl (C=S) groups is 1. The summed E-state index contributed by atoms with van der Waals surface area (Å²) in [5.41, 5.74) is 4.77. The molecule has 0 unspecified atom stereocenters. The van der Waals surface area contributed by atoms with Crippen molar-refractivity contribution < 1.29 is 8.78 Å². The van der Waals surface area contributed by atoms with Gasteiger partial charge in [-0.15, -0.1) is 0 Å². The monoisotopic (exact) mass is 460 g/mol. The predicted molar refractivity (Wildman–Crippen MR) is 130 cm³/mol. The molecule has 33 heavy (non-hydrogen) atoms. The van der Waals surface area contributed by atoms with E-state index in [9.17, 15) is 8.78 Å². The van der Waals surface area contributed by atoms with Crippen molar-refractivity contribution in [3.63, 3.8) is 0 Å². The van der Waals surface area contributed by atoms with Crippen LogP contribution in [0.1, 0.15) is 34.7 Å². The summed E-state index contributed by atoms with van der Waals surface area (Å²) in [5.74, 6) is -0.656. The molecule has 0 amide bonds. The quantitative estimate of drug-likeness (QED) is 0.382. The number of nitrogens with zero attached hydrogens (tertiary/aromatic N) is 3. The Kier molecular flexibility index (Phi) is 5.42. The first-order valence-electron chi connectivity index (χ1n) is 10.7. The lowest BCUT2D eigenvalue weighted by Crippen LogP contribution is -2.30. The van der Waals surface area contributed by atoms with Crippen LogP contribution in [0.4, 0.5) is 14.5 Å². The lowest BCUT2D eigenvalue weighted by molar-refractivity contribution is 0.556. The fourth-order valence-corrected chi connectivity index (χ4v) is 5.02. The van der Waals surface area contributed by atoms with E-state index >= 15 is 0 Å². The molecule has 5 rings (SSSR count). The van der Waals surface area contributed by atoms with E-state index in [2.05, 4.69) is 16.4 Å². The summed E-state index contributed by atoms with van der Waals surface area (Å²) in [6.07, 6.45) is 1.74. The van der Waals surface area contributed by atoms with Crippen molar-refractivity contribution in [1.82, 2.24) is 14.9 Å². The first kappa shape index (κ1) is 21.3. The predicted octanol–water partition coefficient (Wildman–Crippen LogP) is 5.94. The zero-order valence-corrected chi connectivity index (χ0v) is 19.0. The number of aromatic nitrogens is 2. The average molecular weight is 461 g/mol. The molecule has 1 fully saturated rings. The van der Waals surface area contributed by atoms with Crippen molar-refractivity contribution in [3.05, 3.63) is 113 Å². The van der Waals surface area contributed by atoms with E-state index in [1.807, 2.05) is 47.6 Å². The van der Waals surface area contributed by atoms with Crippen LogP contribution in [-0.4, -0.2) is 14.7 Å². The third-order valence-corrected chi connectivity index (χ3v) is 6.38. The second-order valence-corrected chi connectivity index (χ2v) is 8.48. The zero-order chi connectivity index (χ0) is 23.1. The maximum Gasteiger partial charge on any atom is 0.174 e. The smallest absolute Gasteiger partial charge is 0.174 e. The molecule has 4 aromatic rings. The minimum absolute atomic E-state index is 0.292. The summed E-state index contributed by atoms with van der Waals surface area (Å²) in [6.45, 7) is 3.97. The molecule has 2 aromatic carbocycles. The summed E-state index contributed by atoms with van der Waals surface area (Å²) in [6, 6.07) is 20.2. The zero-order valence-electron chi connectivity index (χ0n) is 18.2. The summed E-state index contributed by atoms with van der Waals surface area (Å²) in [5, 5.41) is 3.79. The van der Waals surface area contributed by atoms with Crippen molar-refractivity contribution in [3.8, 4) is 5.69 Å². The third kappa shape index (κ3) is 3.68. The summed E-state index contributed by atoms with van der Waals surface area (Å²) >= 11 is 5.69. The number of anilines is 1. The van der Waals surface area contributed by atoms with E-state index in [1.165, 1.54) is 18.2 Å². The molecule has 4 nitrogen and oxygen atoms in total. The van der Waals surface area contributed by atoms with E-state index in [0.717, 1.165) is 28.3 Å². The highest BCUT2D eigenvalue weighted by molar-refractivity contribution is 7.80. The maximum atomic E-state index is 14.9. The van der Waals surface area contributed by atoms with Crippen LogP contribution in [0.3, 0.4) is 0 Å². The van der Waals surface area contributed by atoms with Crippen molar-refractivity contribution in [2.75, 3.05) is 4.90 Å². The van der Waals surface area contributed by atoms with Gasteiger partial charge < -0.3 is 14.8 Å². The number of pyridine rings is 1. The number of benzene rings is 2. The van der Waals surface area contributed by atoms with Crippen LogP contribution in [0.5, 0.6) is 0 Å². The molecule has 1 aliphatic heterocycles. The van der Waals surface area contributed by atoms with Crippen molar-refractivity contribution in [1.29, 1.82) is 0 Å². The Morgan fingerprint density at radius 1 is 0.939 bits per heavy atom. The molecule has 0 aliphatic carbocycles. The Bertz CT molecular complexity index is 1340. The minimum Gasteiger partial charge on any atom is -0.351 e. The van der Waals surface area contributed by atoms with Gasteiger partial charge in [-0.2, -0.15) is 0 Å². The van der Waals surface area contributed by atoms with Crippen LogP contribution in [-0.2, 0) is 0 Å². The number of rotatable bonds is 4. The van der Waals surface area contributed by atoms with Gasteiger partial charge in [0.25, 0.3) is 0 Å². The van der Waals surface area contributed by atoms with Crippen molar-refractivity contribution >= 4 is 23.0 Å². The summed E-state index contributed by atoms with van der Waals surface area (Å²) < 4.78 is 30.9. The first-order valence-corrected chi connectivity index (χ1v) is 11.1. The van der Waals surface area contributed by atoms with Crippen LogP contribution in [0, 0.1) is 25.5 Å². The molecule has 0 bridgehead atoms. The van der Waals surface area contributed by atoms with Crippen molar-refractivity contribution in [2.24, 2.45) is 0 Å². The van der Waals surface area contributed by atoms with E-state index in [-0.39, 0.29) is 23.7 Å². The van der Waals surface area contributed by atoms with E-state index < -0.39 is 0 Å². The normalized spacial score (nSPS) is 17.9. The Labute approximate surface area is 196 Å². The molecule has 7 heteroatoms. The number of halogens is 2. The second-order valence-electron chi connectivity index (χ2n) is 8.09. The van der Waals surface area contributed by atoms with Gasteiger partial charge in [-0.25, -0.2) is 8.78 Å². The maximum absolute atomic E-state index is 14.9. The fourth-order valence-electron chi connectivity index (χ4n) is 4.68. The Morgan fingerprint density at radius 3 is 2.45 bits per heavy atom. The average Bonchev–Trinajstić information content (AvgIpc) is 3.30. The van der Waals surface area contributed by atoms with Gasteiger partial charge in [-0.05, 0) is 80.2 Å². The number of para-hydroxylation sites is 1. The molecule has 0 spiro atoms. The Morgan fingerprint density at radius 2 is 1.73 bits per heavy atom. The molecule has 0 radical (unpaired) electrons. The molecule has 1 aliphatic rings. The lowest BCUT2D eigenvalue weighted by atomic mass is 9.96. The summed E-state index contributed by atoms with van der Waals surface area (Å²) in [4.78, 5) is 6.37. The third-order valence-electron chi connectivity index (χ3n) is 6.07. The van der Waals surface area contributed by atoms with Gasteiger partial charge in [0.15, 0.2) is 5.11 Å². The molecule has 1 saturated heterocycles. The number of nitrogens with one attached hydrogen (secondary N) is 1. The van der Waals surface area contributed by atoms with E-state index in [4.69, 9.17) is 12.2 Å². The molecule has 166 valence electrons. The van der Waals surface area contributed by atoms with Crippen LogP contribution in [0.2, 0.25) is 0 Å². The number of hydrogen-bond acceptors (Lipinski definition) is 2. The van der Waals surface area contributed by atoms with Crippen molar-refractivity contribution in [2.45, 2.75) is 25.9 Å². The minimum atomic E-state index is -0.354. The van der Waals surface area contributed by atoms with Gasteiger partial charge in [0.1, 0.15) is 11.6 Å². The van der Waals surface area contributed by atoms with Gasteiger partial charge in [-0.3, -0.25) is 4.98 Å². The SMILES string of the molecule is Cc1cc([C@@H]2[C@H](c3ccccn3)NC(=S)N2c2ccccc2F)c(C)n1-c1cccc(F)c1. The first-order chi connectivity index (χ1) is 16.0. The standard InChI is InChI=1S/C26H22F2N4S/c1-16-14-20(17(2)31(16)19-9-7-8-18(27)15-19)25-24(22-11-5-6-13-29-22)30-26(33)32(25)23-12-4-3-10-21(23)28/h3-15,24-25H,1-2H3,(H,30,33)/t24-,25+/m0/s1. The summed E-state index contributed by atoms with van der Waals surface area (Å²) in [7, 11) is 0. The highest BCUT2D eigenvalue weighted by Gasteiger charge is 2.43. The highest BCUT2D eigenvalue weighted by atomic mass is 32.1. The molecule has 1 N–H and O–H groups in total. The Balaban J connectivity index is 1.70. The molecule has 0 saturated carbocycles. The number of hydrogen-bond donors (Lipinski definition) is 1. The Hall–Kier alpha value is -3.58. The largest absolute Gasteiger partial charge is 0.351 e. The number of aryl methyl sites for hydroxylation is 1. The highest BCUT2D eigenvalue weighted by Crippen LogP contribution is 2.44. The van der Waals surface area contributed by atoms with Crippen LogP contribution in [0.25, 0.3) is 5.69 Å². The van der Waals surface area contributed by atoms with E-state index in [1.54, 1.807) is 30.5 Å². The van der Waals surface area contributed by atoms with Gasteiger partial charge >= 0.3 is 0 Å². The van der Waals surface area contributed by atoms with Gasteiger partial charge in [0.2, 0.25) is 0 Å². The van der Waals surface area contributed by atoms with Gasteiger partial charge in [0.05, 0.1) is 23.5 Å². The lowest BCUT2D eigenvalue weighted by Gasteiger charge is -2.28. The van der Waals surface area contributed by atoms with Gasteiger partial charge in [-0.1, -0.05) is 24.3 Å². The van der Waals surface area contributed by atoms with Crippen LogP contribution < -0.4 is 10.2 Å². The van der Waals surface area contributed by atoms with Gasteiger partial charge in [0, 0.05) is 23.3 Å². The molecular weight excluding hydrogens is 438 g/mol. The topological polar surface area (TPSA) is 33.1 Å². The fraction of sp³-hybridized carbons (Fsp3) is 0.154. The van der Waals surface area contributed by atoms with Crippen LogP contribution >= 0.6 is 12.2 Å². The van der Waals surface area contributed by atoms with Crippen LogP contribution in [0.15, 0.2) is 79.0 Å².